The van der Waals surface area contributed by atoms with Crippen LogP contribution < -0.4 is 9.47 Å². The number of likely N-dealkylation sites (N-methyl/N-ethyl adjacent to an activating group) is 1. The molecule has 0 unspecified atom stereocenters. The minimum Gasteiger partial charge on any atom is -0.492 e. The van der Waals surface area contributed by atoms with Crippen LogP contribution in [0.2, 0.25) is 0 Å². The molecule has 4 aromatic heterocycles. The lowest BCUT2D eigenvalue weighted by molar-refractivity contribution is 0.260. The quantitative estimate of drug-likeness (QED) is 0.170. The lowest BCUT2D eigenvalue weighted by Crippen LogP contribution is -2.19. The van der Waals surface area contributed by atoms with E-state index in [9.17, 15) is 4.39 Å². The molecule has 0 spiro atoms. The van der Waals surface area contributed by atoms with Crippen molar-refractivity contribution >= 4 is 21.9 Å². The molecular weight excluding hydrogens is 567 g/mol. The number of nitrogens with one attached hydrogen (secondary N) is 2. The van der Waals surface area contributed by atoms with Crippen LogP contribution >= 0.6 is 0 Å². The zero-order valence-corrected chi connectivity index (χ0v) is 24.9. The molecule has 3 aromatic carbocycles. The van der Waals surface area contributed by atoms with Gasteiger partial charge in [-0.25, -0.2) is 9.37 Å². The van der Waals surface area contributed by atoms with Crippen LogP contribution in [0, 0.1) is 5.82 Å². The van der Waals surface area contributed by atoms with E-state index >= 15 is 0 Å². The molecule has 0 bridgehead atoms. The Morgan fingerprint density at radius 3 is 2.49 bits per heavy atom. The van der Waals surface area contributed by atoms with E-state index in [1.807, 2.05) is 79.7 Å². The Labute approximate surface area is 259 Å². The molecule has 4 heterocycles. The van der Waals surface area contributed by atoms with Crippen molar-refractivity contribution in [3.8, 4) is 45.1 Å². The van der Waals surface area contributed by atoms with Gasteiger partial charge in [0, 0.05) is 52.4 Å². The highest BCUT2D eigenvalue weighted by atomic mass is 19.1. The standard InChI is InChI=1S/C36H31FN6O2/c1-43(2)11-12-44-28-14-24(13-27(37)17-28)30-9-6-10-33-31(30)18-34(40-33)35-32-16-26(20-39-36(32)42-41-35)25-15-29(21-38-19-25)45-22-23-7-4-3-5-8-23/h3-10,13-21,40H,11-12,22H2,1-2H3,(H,39,41,42). The molecule has 45 heavy (non-hydrogen) atoms. The van der Waals surface area contributed by atoms with Crippen molar-refractivity contribution in [3.63, 3.8) is 0 Å². The van der Waals surface area contributed by atoms with Crippen LogP contribution in [0.1, 0.15) is 5.56 Å². The zero-order valence-electron chi connectivity index (χ0n) is 24.9. The second kappa shape index (κ2) is 12.2. The first-order valence-corrected chi connectivity index (χ1v) is 14.7. The van der Waals surface area contributed by atoms with E-state index in [0.717, 1.165) is 62.0 Å². The molecule has 0 aliphatic heterocycles. The molecule has 9 heteroatoms. The molecule has 0 fully saturated rings. The molecule has 0 atom stereocenters. The smallest absolute Gasteiger partial charge is 0.181 e. The number of hydrogen-bond donors (Lipinski definition) is 2. The molecule has 0 saturated carbocycles. The van der Waals surface area contributed by atoms with Gasteiger partial charge < -0.3 is 19.4 Å². The highest BCUT2D eigenvalue weighted by Crippen LogP contribution is 2.36. The number of rotatable bonds is 10. The van der Waals surface area contributed by atoms with E-state index in [1.165, 1.54) is 12.1 Å². The summed E-state index contributed by atoms with van der Waals surface area (Å²) >= 11 is 0. The number of halogens is 1. The lowest BCUT2D eigenvalue weighted by atomic mass is 10.0. The summed E-state index contributed by atoms with van der Waals surface area (Å²) in [7, 11) is 3.95. The van der Waals surface area contributed by atoms with Gasteiger partial charge in [0.2, 0.25) is 0 Å². The van der Waals surface area contributed by atoms with E-state index in [-0.39, 0.29) is 5.82 Å². The fourth-order valence-electron chi connectivity index (χ4n) is 5.35. The van der Waals surface area contributed by atoms with E-state index < -0.39 is 0 Å². The fraction of sp³-hybridized carbons (Fsp3) is 0.139. The highest BCUT2D eigenvalue weighted by Gasteiger charge is 2.16. The van der Waals surface area contributed by atoms with Gasteiger partial charge in [0.1, 0.15) is 30.5 Å². The normalized spacial score (nSPS) is 11.5. The number of aromatic amines is 2. The number of aromatic nitrogens is 5. The fourth-order valence-corrected chi connectivity index (χ4v) is 5.35. The molecule has 224 valence electrons. The van der Waals surface area contributed by atoms with Gasteiger partial charge in [-0.05, 0) is 67.2 Å². The third kappa shape index (κ3) is 6.11. The summed E-state index contributed by atoms with van der Waals surface area (Å²) in [4.78, 5) is 14.6. The van der Waals surface area contributed by atoms with Gasteiger partial charge in [0.05, 0.1) is 17.6 Å². The maximum absolute atomic E-state index is 14.7. The lowest BCUT2D eigenvalue weighted by Gasteiger charge is -2.12. The average molecular weight is 599 g/mol. The largest absolute Gasteiger partial charge is 0.492 e. The van der Waals surface area contributed by atoms with Crippen molar-refractivity contribution in [2.75, 3.05) is 27.2 Å². The molecular formula is C36H31FN6O2. The molecule has 8 nitrogen and oxygen atoms in total. The average Bonchev–Trinajstić information content (AvgIpc) is 3.68. The van der Waals surface area contributed by atoms with Gasteiger partial charge >= 0.3 is 0 Å². The summed E-state index contributed by atoms with van der Waals surface area (Å²) in [5.74, 6) is 0.833. The number of fused-ring (bicyclic) bond motifs is 2. The number of nitrogens with zero attached hydrogens (tertiary/aromatic N) is 4. The van der Waals surface area contributed by atoms with Crippen molar-refractivity contribution in [1.29, 1.82) is 0 Å². The summed E-state index contributed by atoms with van der Waals surface area (Å²) in [6, 6.07) is 26.9. The molecule has 0 amide bonds. The molecule has 0 saturated heterocycles. The second-order valence-corrected chi connectivity index (χ2v) is 11.2. The molecule has 7 aromatic rings. The summed E-state index contributed by atoms with van der Waals surface area (Å²) in [6.45, 7) is 1.66. The summed E-state index contributed by atoms with van der Waals surface area (Å²) in [5, 5.41) is 9.44. The first-order valence-electron chi connectivity index (χ1n) is 14.7. The van der Waals surface area contributed by atoms with Crippen molar-refractivity contribution in [2.45, 2.75) is 6.61 Å². The minimum absolute atomic E-state index is 0.345. The van der Waals surface area contributed by atoms with Crippen LogP contribution in [0.3, 0.4) is 0 Å². The van der Waals surface area contributed by atoms with E-state index in [1.54, 1.807) is 18.6 Å². The van der Waals surface area contributed by atoms with E-state index in [0.29, 0.717) is 30.4 Å². The van der Waals surface area contributed by atoms with Gasteiger partial charge in [-0.2, -0.15) is 5.10 Å². The van der Waals surface area contributed by atoms with Gasteiger partial charge in [-0.1, -0.05) is 42.5 Å². The first-order chi connectivity index (χ1) is 22.0. The Kier molecular flexibility index (Phi) is 7.67. The topological polar surface area (TPSA) is 92.0 Å². The van der Waals surface area contributed by atoms with Crippen molar-refractivity contribution < 1.29 is 13.9 Å². The van der Waals surface area contributed by atoms with Gasteiger partial charge in [0.25, 0.3) is 0 Å². The molecule has 0 aliphatic rings. The number of hydrogen-bond acceptors (Lipinski definition) is 6. The Hall–Kier alpha value is -5.54. The van der Waals surface area contributed by atoms with Crippen LogP contribution in [-0.4, -0.2) is 57.3 Å². The van der Waals surface area contributed by atoms with Crippen molar-refractivity contribution in [2.24, 2.45) is 0 Å². The third-order valence-electron chi connectivity index (χ3n) is 7.63. The maximum atomic E-state index is 14.7. The zero-order chi connectivity index (χ0) is 30.8. The Bertz CT molecular complexity index is 2100. The van der Waals surface area contributed by atoms with Crippen molar-refractivity contribution in [1.82, 2.24) is 30.0 Å². The first kappa shape index (κ1) is 28.2. The molecule has 2 N–H and O–H groups in total. The molecule has 7 rings (SSSR count). The van der Waals surface area contributed by atoms with Gasteiger partial charge in [-0.3, -0.25) is 10.1 Å². The summed E-state index contributed by atoms with van der Waals surface area (Å²) in [5.41, 5.74) is 7.66. The van der Waals surface area contributed by atoms with Crippen LogP contribution in [-0.2, 0) is 6.61 Å². The van der Waals surface area contributed by atoms with Gasteiger partial charge in [-0.15, -0.1) is 0 Å². The van der Waals surface area contributed by atoms with Gasteiger partial charge in [0.15, 0.2) is 5.65 Å². The predicted octanol–water partition coefficient (Wildman–Crippen LogP) is 7.49. The summed E-state index contributed by atoms with van der Waals surface area (Å²) in [6.07, 6.45) is 5.29. The summed E-state index contributed by atoms with van der Waals surface area (Å²) < 4.78 is 26.6. The Balaban J connectivity index is 1.20. The monoisotopic (exact) mass is 598 g/mol. The van der Waals surface area contributed by atoms with Crippen LogP contribution in [0.15, 0.2) is 104 Å². The number of ether oxygens (including phenoxy) is 2. The van der Waals surface area contributed by atoms with E-state index in [2.05, 4.69) is 37.3 Å². The van der Waals surface area contributed by atoms with Crippen LogP contribution in [0.4, 0.5) is 4.39 Å². The highest BCUT2D eigenvalue weighted by molar-refractivity contribution is 6.01. The minimum atomic E-state index is -0.345. The second-order valence-electron chi connectivity index (χ2n) is 11.2. The van der Waals surface area contributed by atoms with Crippen LogP contribution in [0.25, 0.3) is 55.6 Å². The van der Waals surface area contributed by atoms with Crippen LogP contribution in [0.5, 0.6) is 11.5 Å². The predicted molar refractivity (Wildman–Crippen MR) is 175 cm³/mol. The SMILES string of the molecule is CN(C)CCOc1cc(F)cc(-c2cccc3[nH]c(-c4[nH]nc5ncc(-c6cncc(OCc7ccccc7)c6)cc45)cc23)c1. The number of benzene rings is 3. The molecule has 0 radical (unpaired) electrons. The van der Waals surface area contributed by atoms with E-state index in [4.69, 9.17) is 9.47 Å². The van der Waals surface area contributed by atoms with Crippen molar-refractivity contribution in [3.05, 3.63) is 115 Å². The number of pyridine rings is 2. The maximum Gasteiger partial charge on any atom is 0.181 e. The number of H-pyrrole nitrogens is 2. The Morgan fingerprint density at radius 1 is 0.778 bits per heavy atom. The Morgan fingerprint density at radius 2 is 1.62 bits per heavy atom. The third-order valence-corrected chi connectivity index (χ3v) is 7.63. The molecule has 0 aliphatic carbocycles.